The third-order valence-electron chi connectivity index (χ3n) is 14.8. The third-order valence-corrected chi connectivity index (χ3v) is 14.8. The molecule has 0 aromatic rings. The summed E-state index contributed by atoms with van der Waals surface area (Å²) in [5.74, 6) is -0.306. The summed E-state index contributed by atoms with van der Waals surface area (Å²) < 4.78 is 17.6. The Kier molecular flexibility index (Phi) is 60.7. The molecule has 0 aromatic carbocycles. The number of hydrogen-bond donors (Lipinski definition) is 0. The van der Waals surface area contributed by atoms with Crippen molar-refractivity contribution in [2.75, 3.05) is 19.8 Å². The lowest BCUT2D eigenvalue weighted by atomic mass is 10.0. The van der Waals surface area contributed by atoms with Crippen LogP contribution in [0.25, 0.3) is 0 Å². The molecule has 0 aliphatic carbocycles. The molecule has 0 amide bonds. The van der Waals surface area contributed by atoms with Gasteiger partial charge in [-0.2, -0.15) is 0 Å². The molecular formula is C65H126O5. The second-order valence-corrected chi connectivity index (χ2v) is 22.0. The largest absolute Gasteiger partial charge is 0.463 e. The summed E-state index contributed by atoms with van der Waals surface area (Å²) in [4.78, 5) is 25.4. The quantitative estimate of drug-likeness (QED) is 0.0345. The van der Waals surface area contributed by atoms with E-state index in [1.54, 1.807) is 0 Å². The summed E-state index contributed by atoms with van der Waals surface area (Å²) in [6.07, 6.45) is 74.1. The van der Waals surface area contributed by atoms with Crippen molar-refractivity contribution in [1.82, 2.24) is 0 Å². The first-order valence-electron chi connectivity index (χ1n) is 32.2. The molecule has 416 valence electrons. The zero-order chi connectivity index (χ0) is 50.6. The number of carbonyl (C=O) groups is 2. The van der Waals surface area contributed by atoms with Crippen molar-refractivity contribution in [1.29, 1.82) is 0 Å². The Bertz CT molecular complexity index is 1030. The fourth-order valence-corrected chi connectivity index (χ4v) is 9.96. The van der Waals surface area contributed by atoms with Crippen molar-refractivity contribution in [3.63, 3.8) is 0 Å². The predicted molar refractivity (Wildman–Crippen MR) is 307 cm³/mol. The first kappa shape index (κ1) is 68.6. The predicted octanol–water partition coefficient (Wildman–Crippen LogP) is 22.1. The van der Waals surface area contributed by atoms with E-state index in [0.717, 1.165) is 38.5 Å². The third kappa shape index (κ3) is 59.2. The lowest BCUT2D eigenvalue weighted by Crippen LogP contribution is -2.29. The summed E-state index contributed by atoms with van der Waals surface area (Å²) in [7, 11) is 0. The van der Waals surface area contributed by atoms with E-state index >= 15 is 0 Å². The molecule has 0 N–H and O–H groups in total. The zero-order valence-corrected chi connectivity index (χ0v) is 48.1. The number of allylic oxidation sites excluding steroid dienone is 2. The van der Waals surface area contributed by atoms with Gasteiger partial charge in [0, 0.05) is 19.4 Å². The molecule has 0 bridgehead atoms. The Morgan fingerprint density at radius 2 is 0.500 bits per heavy atom. The molecule has 0 aliphatic heterocycles. The summed E-state index contributed by atoms with van der Waals surface area (Å²) in [5.41, 5.74) is 0. The number of esters is 2. The van der Waals surface area contributed by atoms with Gasteiger partial charge < -0.3 is 14.2 Å². The first-order chi connectivity index (χ1) is 34.6. The molecule has 1 atom stereocenters. The Hall–Kier alpha value is -1.36. The number of carbonyl (C=O) groups excluding carboxylic acids is 2. The van der Waals surface area contributed by atoms with Gasteiger partial charge in [-0.05, 0) is 44.9 Å². The average Bonchev–Trinajstić information content (AvgIpc) is 3.36. The molecule has 0 rings (SSSR count). The van der Waals surface area contributed by atoms with Gasteiger partial charge in [0.2, 0.25) is 0 Å². The van der Waals surface area contributed by atoms with Gasteiger partial charge in [0.1, 0.15) is 19.3 Å². The van der Waals surface area contributed by atoms with Crippen LogP contribution in [0.5, 0.6) is 0 Å². The Morgan fingerprint density at radius 3 is 0.757 bits per heavy atom. The molecule has 0 spiro atoms. The summed E-state index contributed by atoms with van der Waals surface area (Å²) in [6, 6.07) is 0. The van der Waals surface area contributed by atoms with Gasteiger partial charge in [0.15, 0.2) is 0 Å². The van der Waals surface area contributed by atoms with Crippen LogP contribution >= 0.6 is 0 Å². The highest BCUT2D eigenvalue weighted by Crippen LogP contribution is 2.18. The monoisotopic (exact) mass is 987 g/mol. The maximum Gasteiger partial charge on any atom is 0.305 e. The van der Waals surface area contributed by atoms with Crippen molar-refractivity contribution in [3.05, 3.63) is 12.2 Å². The van der Waals surface area contributed by atoms with Crippen molar-refractivity contribution in [2.24, 2.45) is 0 Å². The minimum Gasteiger partial charge on any atom is -0.463 e. The molecule has 0 aliphatic rings. The van der Waals surface area contributed by atoms with Crippen LogP contribution in [0.15, 0.2) is 12.2 Å². The van der Waals surface area contributed by atoms with Crippen LogP contribution in [0, 0.1) is 0 Å². The van der Waals surface area contributed by atoms with Crippen LogP contribution in [0.2, 0.25) is 0 Å². The standard InChI is InChI=1S/C65H126O5/c1-4-7-10-13-16-19-22-25-28-31-32-33-34-36-38-41-44-47-50-53-56-59-65(67)70-62-63(68-60-57-54-51-48-45-42-39-30-27-24-21-18-15-12-9-6-3)61-69-64(66)58-55-52-49-46-43-40-37-35-29-26-23-20-17-14-11-8-5-2/h25,28,63H,4-24,26-27,29-62H2,1-3H3/b28-25-/t63-/m0/s1. The van der Waals surface area contributed by atoms with E-state index < -0.39 is 6.10 Å². The second kappa shape index (κ2) is 61.9. The van der Waals surface area contributed by atoms with Crippen LogP contribution in [0.4, 0.5) is 0 Å². The minimum absolute atomic E-state index is 0.152. The number of unbranched alkanes of at least 4 members (excludes halogenated alkanes) is 48. The maximum atomic E-state index is 12.7. The number of rotatable bonds is 61. The van der Waals surface area contributed by atoms with Crippen molar-refractivity contribution < 1.29 is 23.8 Å². The molecule has 0 unspecified atom stereocenters. The van der Waals surface area contributed by atoms with Crippen molar-refractivity contribution in [2.45, 2.75) is 374 Å². The van der Waals surface area contributed by atoms with Crippen molar-refractivity contribution >= 4 is 11.9 Å². The molecule has 0 saturated heterocycles. The Labute approximate surface area is 439 Å². The highest BCUT2D eigenvalue weighted by molar-refractivity contribution is 5.69. The van der Waals surface area contributed by atoms with Gasteiger partial charge in [0.25, 0.3) is 0 Å². The zero-order valence-electron chi connectivity index (χ0n) is 48.1. The van der Waals surface area contributed by atoms with Gasteiger partial charge in [-0.25, -0.2) is 0 Å². The van der Waals surface area contributed by atoms with Crippen LogP contribution in [0.3, 0.4) is 0 Å². The van der Waals surface area contributed by atoms with E-state index in [1.165, 1.54) is 295 Å². The van der Waals surface area contributed by atoms with Gasteiger partial charge >= 0.3 is 11.9 Å². The molecule has 70 heavy (non-hydrogen) atoms. The second-order valence-electron chi connectivity index (χ2n) is 22.0. The topological polar surface area (TPSA) is 61.8 Å². The van der Waals surface area contributed by atoms with Gasteiger partial charge in [-0.1, -0.05) is 322 Å². The molecular weight excluding hydrogens is 861 g/mol. The lowest BCUT2D eigenvalue weighted by Gasteiger charge is -2.18. The van der Waals surface area contributed by atoms with E-state index in [2.05, 4.69) is 32.9 Å². The van der Waals surface area contributed by atoms with E-state index in [1.807, 2.05) is 0 Å². The molecule has 0 aromatic heterocycles. The minimum atomic E-state index is -0.392. The lowest BCUT2D eigenvalue weighted by molar-refractivity contribution is -0.155. The van der Waals surface area contributed by atoms with Crippen molar-refractivity contribution in [3.8, 4) is 0 Å². The molecule has 0 radical (unpaired) electrons. The van der Waals surface area contributed by atoms with Gasteiger partial charge in [-0.15, -0.1) is 0 Å². The molecule has 5 nitrogen and oxygen atoms in total. The number of ether oxygens (including phenoxy) is 3. The van der Waals surface area contributed by atoms with E-state index in [4.69, 9.17) is 14.2 Å². The van der Waals surface area contributed by atoms with Gasteiger partial charge in [-0.3, -0.25) is 9.59 Å². The van der Waals surface area contributed by atoms with E-state index in [0.29, 0.717) is 19.4 Å². The first-order valence-corrected chi connectivity index (χ1v) is 32.2. The SMILES string of the molecule is CCCCCCCC/C=C\CCCCCCCCCCCCCC(=O)OC[C@H](COC(=O)CCCCCCCCCCCCCCCCCCC)OCCCCCCCCCCCCCCCCCC. The van der Waals surface area contributed by atoms with Crippen LogP contribution < -0.4 is 0 Å². The summed E-state index contributed by atoms with van der Waals surface area (Å²) in [6.45, 7) is 7.82. The fourth-order valence-electron chi connectivity index (χ4n) is 9.96. The highest BCUT2D eigenvalue weighted by Gasteiger charge is 2.16. The molecule has 0 heterocycles. The smallest absolute Gasteiger partial charge is 0.305 e. The molecule has 5 heteroatoms. The fraction of sp³-hybridized carbons (Fsp3) is 0.938. The molecule has 0 saturated carbocycles. The summed E-state index contributed by atoms with van der Waals surface area (Å²) in [5, 5.41) is 0. The molecule has 0 fully saturated rings. The number of hydrogen-bond acceptors (Lipinski definition) is 5. The maximum absolute atomic E-state index is 12.7. The summed E-state index contributed by atoms with van der Waals surface area (Å²) >= 11 is 0. The van der Waals surface area contributed by atoms with E-state index in [-0.39, 0.29) is 25.2 Å². The normalized spacial score (nSPS) is 12.1. The Balaban J connectivity index is 4.17. The van der Waals surface area contributed by atoms with E-state index in [9.17, 15) is 9.59 Å². The van der Waals surface area contributed by atoms with Crippen LogP contribution in [-0.2, 0) is 23.8 Å². The average molecular weight is 988 g/mol. The van der Waals surface area contributed by atoms with Crippen LogP contribution in [-0.4, -0.2) is 37.9 Å². The van der Waals surface area contributed by atoms with Crippen LogP contribution in [0.1, 0.15) is 367 Å². The van der Waals surface area contributed by atoms with Gasteiger partial charge in [0.05, 0.1) is 0 Å². The Morgan fingerprint density at radius 1 is 0.286 bits per heavy atom. The highest BCUT2D eigenvalue weighted by atomic mass is 16.6.